The second-order valence-electron chi connectivity index (χ2n) is 2.69. The van der Waals surface area contributed by atoms with E-state index in [4.69, 9.17) is 9.47 Å². The molecule has 0 fully saturated rings. The number of nitrogens with zero attached hydrogens (tertiary/aromatic N) is 1. The standard InChI is InChI=1S/C9H12N2O4S/c1-3-15-8(13)5-16-9-10-6(12)4-7(11-9)14-2/h4H,3,5H2,1-2H3,(H,10,11,12). The van der Waals surface area contributed by atoms with Crippen molar-refractivity contribution in [2.75, 3.05) is 19.5 Å². The van der Waals surface area contributed by atoms with Gasteiger partial charge in [-0.3, -0.25) is 9.59 Å². The summed E-state index contributed by atoms with van der Waals surface area (Å²) in [5.74, 6) is -0.0303. The fourth-order valence-electron chi connectivity index (χ4n) is 0.917. The maximum absolute atomic E-state index is 11.1. The topological polar surface area (TPSA) is 81.3 Å². The zero-order valence-corrected chi connectivity index (χ0v) is 9.80. The highest BCUT2D eigenvalue weighted by atomic mass is 32.2. The summed E-state index contributed by atoms with van der Waals surface area (Å²) in [6.45, 7) is 2.07. The smallest absolute Gasteiger partial charge is 0.316 e. The van der Waals surface area contributed by atoms with Gasteiger partial charge < -0.3 is 14.5 Å². The number of ether oxygens (including phenoxy) is 2. The van der Waals surface area contributed by atoms with Crippen molar-refractivity contribution in [2.45, 2.75) is 12.1 Å². The fraction of sp³-hybridized carbons (Fsp3) is 0.444. The van der Waals surface area contributed by atoms with Crippen LogP contribution in [0, 0.1) is 0 Å². The van der Waals surface area contributed by atoms with Crippen molar-refractivity contribution in [3.05, 3.63) is 16.4 Å². The second kappa shape index (κ2) is 6.16. The highest BCUT2D eigenvalue weighted by Gasteiger charge is 2.06. The number of hydrogen-bond acceptors (Lipinski definition) is 6. The number of hydrogen-bond donors (Lipinski definition) is 1. The molecule has 7 heteroatoms. The number of aromatic amines is 1. The van der Waals surface area contributed by atoms with Gasteiger partial charge in [0, 0.05) is 0 Å². The average molecular weight is 244 g/mol. The lowest BCUT2D eigenvalue weighted by Gasteiger charge is -2.02. The Kier molecular flexibility index (Phi) is 4.84. The molecule has 0 aliphatic rings. The lowest BCUT2D eigenvalue weighted by Crippen LogP contribution is -2.11. The Morgan fingerprint density at radius 3 is 3.00 bits per heavy atom. The highest BCUT2D eigenvalue weighted by molar-refractivity contribution is 7.99. The summed E-state index contributed by atoms with van der Waals surface area (Å²) in [6, 6.07) is 1.23. The molecular formula is C9H12N2O4S. The zero-order chi connectivity index (χ0) is 12.0. The summed E-state index contributed by atoms with van der Waals surface area (Å²) < 4.78 is 9.57. The highest BCUT2D eigenvalue weighted by Crippen LogP contribution is 2.13. The average Bonchev–Trinajstić information content (AvgIpc) is 2.26. The quantitative estimate of drug-likeness (QED) is 0.459. The van der Waals surface area contributed by atoms with E-state index in [0.717, 1.165) is 11.8 Å². The summed E-state index contributed by atoms with van der Waals surface area (Å²) in [5, 5.41) is 0.331. The van der Waals surface area contributed by atoms with E-state index in [2.05, 4.69) is 9.97 Å². The van der Waals surface area contributed by atoms with Crippen molar-refractivity contribution in [3.63, 3.8) is 0 Å². The van der Waals surface area contributed by atoms with Crippen molar-refractivity contribution in [1.29, 1.82) is 0 Å². The Morgan fingerprint density at radius 1 is 1.62 bits per heavy atom. The lowest BCUT2D eigenvalue weighted by atomic mass is 10.6. The summed E-state index contributed by atoms with van der Waals surface area (Å²) in [5.41, 5.74) is -0.321. The number of thioether (sulfide) groups is 1. The van der Waals surface area contributed by atoms with Gasteiger partial charge in [-0.1, -0.05) is 11.8 Å². The van der Waals surface area contributed by atoms with E-state index in [0.29, 0.717) is 11.8 Å². The van der Waals surface area contributed by atoms with Crippen molar-refractivity contribution >= 4 is 17.7 Å². The molecule has 1 rings (SSSR count). The third-order valence-corrected chi connectivity index (χ3v) is 2.38. The first kappa shape index (κ1) is 12.6. The fourth-order valence-corrected chi connectivity index (χ4v) is 1.58. The van der Waals surface area contributed by atoms with Gasteiger partial charge in [-0.05, 0) is 6.92 Å². The van der Waals surface area contributed by atoms with E-state index in [1.165, 1.54) is 13.2 Å². The van der Waals surface area contributed by atoms with Crippen LogP contribution in [0.15, 0.2) is 16.0 Å². The van der Waals surface area contributed by atoms with Gasteiger partial charge in [-0.15, -0.1) is 0 Å². The molecule has 0 atom stereocenters. The monoisotopic (exact) mass is 244 g/mol. The van der Waals surface area contributed by atoms with Crippen molar-refractivity contribution < 1.29 is 14.3 Å². The molecule has 0 unspecified atom stereocenters. The SMILES string of the molecule is CCOC(=O)CSc1nc(OC)cc(=O)[nH]1. The van der Waals surface area contributed by atoms with Gasteiger partial charge in [0.15, 0.2) is 5.16 Å². The number of H-pyrrole nitrogens is 1. The molecule has 1 N–H and O–H groups in total. The van der Waals surface area contributed by atoms with E-state index in [1.807, 2.05) is 0 Å². The summed E-state index contributed by atoms with van der Waals surface area (Å²) in [4.78, 5) is 28.6. The minimum Gasteiger partial charge on any atom is -0.481 e. The van der Waals surface area contributed by atoms with Crippen LogP contribution < -0.4 is 10.3 Å². The Bertz CT molecular complexity index is 418. The van der Waals surface area contributed by atoms with Crippen LogP contribution in [0.4, 0.5) is 0 Å². The Morgan fingerprint density at radius 2 is 2.38 bits per heavy atom. The van der Waals surface area contributed by atoms with E-state index in [1.54, 1.807) is 6.92 Å². The molecule has 88 valence electrons. The van der Waals surface area contributed by atoms with Crippen molar-refractivity contribution in [1.82, 2.24) is 9.97 Å². The molecule has 16 heavy (non-hydrogen) atoms. The molecule has 0 saturated carbocycles. The van der Waals surface area contributed by atoms with Crippen LogP contribution in [0.25, 0.3) is 0 Å². The molecule has 0 spiro atoms. The summed E-state index contributed by atoms with van der Waals surface area (Å²) in [6.07, 6.45) is 0. The van der Waals surface area contributed by atoms with Gasteiger partial charge in [0.05, 0.1) is 25.5 Å². The van der Waals surface area contributed by atoms with E-state index >= 15 is 0 Å². The molecular weight excluding hydrogens is 232 g/mol. The van der Waals surface area contributed by atoms with Gasteiger partial charge in [0.1, 0.15) is 0 Å². The molecule has 1 aromatic heterocycles. The zero-order valence-electron chi connectivity index (χ0n) is 8.98. The van der Waals surface area contributed by atoms with Crippen molar-refractivity contribution in [2.24, 2.45) is 0 Å². The molecule has 0 saturated heterocycles. The van der Waals surface area contributed by atoms with Gasteiger partial charge in [-0.2, -0.15) is 4.98 Å². The third-order valence-electron chi connectivity index (χ3n) is 1.54. The van der Waals surface area contributed by atoms with Crippen LogP contribution in [0.3, 0.4) is 0 Å². The Labute approximate surface area is 96.4 Å². The number of methoxy groups -OCH3 is 1. The van der Waals surface area contributed by atoms with Crippen LogP contribution >= 0.6 is 11.8 Å². The maximum atomic E-state index is 11.1. The van der Waals surface area contributed by atoms with Crippen LogP contribution in [-0.2, 0) is 9.53 Å². The first-order valence-corrected chi connectivity index (χ1v) is 5.58. The number of carbonyl (C=O) groups excluding carboxylic acids is 1. The normalized spacial score (nSPS) is 9.88. The first-order chi connectivity index (χ1) is 7.65. The largest absolute Gasteiger partial charge is 0.481 e. The molecule has 0 bridgehead atoms. The molecule has 0 amide bonds. The molecule has 0 radical (unpaired) electrons. The van der Waals surface area contributed by atoms with Crippen molar-refractivity contribution in [3.8, 4) is 5.88 Å². The number of aromatic nitrogens is 2. The second-order valence-corrected chi connectivity index (χ2v) is 3.65. The molecule has 6 nitrogen and oxygen atoms in total. The molecule has 0 aliphatic carbocycles. The molecule has 0 aliphatic heterocycles. The summed E-state index contributed by atoms with van der Waals surface area (Å²) in [7, 11) is 1.42. The first-order valence-electron chi connectivity index (χ1n) is 4.59. The third kappa shape index (κ3) is 3.93. The number of esters is 1. The Hall–Kier alpha value is -1.50. The lowest BCUT2D eigenvalue weighted by molar-refractivity contribution is -0.139. The van der Waals surface area contributed by atoms with Gasteiger partial charge >= 0.3 is 5.97 Å². The number of nitrogens with one attached hydrogen (secondary N) is 1. The molecule has 0 aromatic carbocycles. The predicted molar refractivity (Wildman–Crippen MR) is 58.8 cm³/mol. The number of carbonyl (C=O) groups is 1. The van der Waals surface area contributed by atoms with Crippen LogP contribution in [0.5, 0.6) is 5.88 Å². The van der Waals surface area contributed by atoms with E-state index in [9.17, 15) is 9.59 Å². The minimum absolute atomic E-state index is 0.101. The number of rotatable bonds is 5. The molecule has 1 heterocycles. The van der Waals surface area contributed by atoms with E-state index in [-0.39, 0.29) is 23.2 Å². The predicted octanol–water partition coefficient (Wildman–Crippen LogP) is 0.434. The van der Waals surface area contributed by atoms with E-state index < -0.39 is 0 Å². The summed E-state index contributed by atoms with van der Waals surface area (Å²) >= 11 is 1.09. The van der Waals surface area contributed by atoms with Crippen LogP contribution in [0.1, 0.15) is 6.92 Å². The van der Waals surface area contributed by atoms with Gasteiger partial charge in [0.25, 0.3) is 5.56 Å². The maximum Gasteiger partial charge on any atom is 0.316 e. The molecule has 1 aromatic rings. The van der Waals surface area contributed by atoms with Crippen LogP contribution in [0.2, 0.25) is 0 Å². The minimum atomic E-state index is -0.349. The van der Waals surface area contributed by atoms with Gasteiger partial charge in [0.2, 0.25) is 5.88 Å². The van der Waals surface area contributed by atoms with Crippen LogP contribution in [-0.4, -0.2) is 35.4 Å². The van der Waals surface area contributed by atoms with Gasteiger partial charge in [-0.25, -0.2) is 0 Å². The Balaban J connectivity index is 2.63.